The Morgan fingerprint density at radius 2 is 1.46 bits per heavy atom. The van der Waals surface area contributed by atoms with Crippen LogP contribution in [0.1, 0.15) is 39.6 Å². The number of carboxylic acids is 3. The number of hydrogen-bond donors (Lipinski definition) is 4. The van der Waals surface area contributed by atoms with E-state index in [4.69, 9.17) is 9.84 Å². The second-order valence-electron chi connectivity index (χ2n) is 8.65. The first-order valence-electron chi connectivity index (χ1n) is 11.5. The second kappa shape index (κ2) is 12.3. The SMILES string of the molecule is C[C@H](C[C@@H](Cc1ccc(-c2ccccc2)cc1)NC(=O)c1cc(OCC(=O)O)cc(C(=O)O)c1)C(=O)O. The predicted molar refractivity (Wildman–Crippen MR) is 135 cm³/mol. The summed E-state index contributed by atoms with van der Waals surface area (Å²) in [6.07, 6.45) is 0.488. The Morgan fingerprint density at radius 3 is 2.05 bits per heavy atom. The lowest BCUT2D eigenvalue weighted by Gasteiger charge is -2.21. The van der Waals surface area contributed by atoms with E-state index in [1.807, 2.05) is 54.6 Å². The lowest BCUT2D eigenvalue weighted by Crippen LogP contribution is -2.38. The monoisotopic (exact) mass is 505 g/mol. The van der Waals surface area contributed by atoms with Crippen molar-refractivity contribution in [2.75, 3.05) is 6.61 Å². The van der Waals surface area contributed by atoms with Gasteiger partial charge in [-0.05, 0) is 47.7 Å². The number of hydrogen-bond acceptors (Lipinski definition) is 5. The highest BCUT2D eigenvalue weighted by molar-refractivity contribution is 5.98. The van der Waals surface area contributed by atoms with Crippen molar-refractivity contribution in [3.8, 4) is 16.9 Å². The summed E-state index contributed by atoms with van der Waals surface area (Å²) < 4.78 is 5.07. The summed E-state index contributed by atoms with van der Waals surface area (Å²) in [6, 6.07) is 20.5. The molecule has 3 aromatic carbocycles. The average Bonchev–Trinajstić information content (AvgIpc) is 2.88. The molecule has 37 heavy (non-hydrogen) atoms. The van der Waals surface area contributed by atoms with Gasteiger partial charge in [0.25, 0.3) is 5.91 Å². The Kier molecular flexibility index (Phi) is 8.99. The Morgan fingerprint density at radius 1 is 0.838 bits per heavy atom. The number of amides is 1. The summed E-state index contributed by atoms with van der Waals surface area (Å²) in [5, 5.41) is 30.4. The fourth-order valence-electron chi connectivity index (χ4n) is 3.82. The molecule has 3 rings (SSSR count). The Balaban J connectivity index is 1.82. The van der Waals surface area contributed by atoms with E-state index in [0.29, 0.717) is 6.42 Å². The van der Waals surface area contributed by atoms with E-state index >= 15 is 0 Å². The number of ether oxygens (including phenoxy) is 1. The minimum atomic E-state index is -1.32. The maximum atomic E-state index is 13.1. The van der Waals surface area contributed by atoms with Gasteiger partial charge in [0.15, 0.2) is 6.61 Å². The van der Waals surface area contributed by atoms with Gasteiger partial charge in [-0.2, -0.15) is 0 Å². The fraction of sp³-hybridized carbons (Fsp3) is 0.214. The predicted octanol–water partition coefficient (Wildman–Crippen LogP) is 3.97. The van der Waals surface area contributed by atoms with Gasteiger partial charge >= 0.3 is 17.9 Å². The quantitative estimate of drug-likeness (QED) is 0.289. The molecule has 0 saturated carbocycles. The minimum Gasteiger partial charge on any atom is -0.482 e. The molecule has 1 amide bonds. The molecular weight excluding hydrogens is 478 g/mol. The van der Waals surface area contributed by atoms with Gasteiger partial charge in [-0.25, -0.2) is 9.59 Å². The summed E-state index contributed by atoms with van der Waals surface area (Å²) in [5.41, 5.74) is 2.65. The molecular formula is C28H27NO8. The number of rotatable bonds is 12. The van der Waals surface area contributed by atoms with Crippen molar-refractivity contribution in [1.29, 1.82) is 0 Å². The molecule has 0 aromatic heterocycles. The smallest absolute Gasteiger partial charge is 0.341 e. The Hall–Kier alpha value is -4.66. The van der Waals surface area contributed by atoms with E-state index in [1.54, 1.807) is 6.92 Å². The number of aliphatic carboxylic acids is 2. The van der Waals surface area contributed by atoms with E-state index in [0.717, 1.165) is 28.8 Å². The van der Waals surface area contributed by atoms with Crippen LogP contribution in [0.2, 0.25) is 0 Å². The fourth-order valence-corrected chi connectivity index (χ4v) is 3.82. The van der Waals surface area contributed by atoms with E-state index in [-0.39, 0.29) is 23.3 Å². The molecule has 3 aromatic rings. The molecule has 0 unspecified atom stereocenters. The molecule has 0 fully saturated rings. The van der Waals surface area contributed by atoms with Crippen LogP contribution in [-0.4, -0.2) is 51.8 Å². The van der Waals surface area contributed by atoms with Crippen LogP contribution in [0.15, 0.2) is 72.8 Å². The van der Waals surface area contributed by atoms with Gasteiger partial charge in [0.2, 0.25) is 0 Å². The molecule has 192 valence electrons. The van der Waals surface area contributed by atoms with Gasteiger partial charge in [-0.3, -0.25) is 9.59 Å². The third kappa shape index (κ3) is 7.93. The first-order valence-corrected chi connectivity index (χ1v) is 11.5. The van der Waals surface area contributed by atoms with Crippen molar-refractivity contribution in [2.24, 2.45) is 5.92 Å². The summed E-state index contributed by atoms with van der Waals surface area (Å²) in [5.74, 6) is -5.03. The van der Waals surface area contributed by atoms with Crippen molar-refractivity contribution in [3.05, 3.63) is 89.5 Å². The van der Waals surface area contributed by atoms with Gasteiger partial charge in [-0.15, -0.1) is 0 Å². The largest absolute Gasteiger partial charge is 0.482 e. The second-order valence-corrected chi connectivity index (χ2v) is 8.65. The van der Waals surface area contributed by atoms with Gasteiger partial charge in [0, 0.05) is 11.6 Å². The standard InChI is InChI=1S/C28H27NO8/c1-17(27(33)34)11-23(12-18-7-9-20(10-8-18)19-5-3-2-4-6-19)29-26(32)21-13-22(28(35)36)15-24(14-21)37-16-25(30)31/h2-10,13-15,17,23H,11-12,16H2,1H3,(H,29,32)(H,30,31)(H,33,34)(H,35,36)/t17-,23+/m1/s1. The van der Waals surface area contributed by atoms with Crippen LogP contribution in [0.4, 0.5) is 0 Å². The van der Waals surface area contributed by atoms with Crippen LogP contribution >= 0.6 is 0 Å². The number of benzene rings is 3. The number of carbonyl (C=O) groups excluding carboxylic acids is 1. The molecule has 0 spiro atoms. The molecule has 0 bridgehead atoms. The molecule has 0 aliphatic heterocycles. The molecule has 9 nitrogen and oxygen atoms in total. The summed E-state index contributed by atoms with van der Waals surface area (Å²) in [7, 11) is 0. The summed E-state index contributed by atoms with van der Waals surface area (Å²) in [6.45, 7) is 0.838. The van der Waals surface area contributed by atoms with Crippen molar-refractivity contribution in [3.63, 3.8) is 0 Å². The minimum absolute atomic E-state index is 0.0484. The van der Waals surface area contributed by atoms with Gasteiger partial charge < -0.3 is 25.4 Å². The van der Waals surface area contributed by atoms with E-state index in [1.165, 1.54) is 6.07 Å². The van der Waals surface area contributed by atoms with Crippen molar-refractivity contribution in [1.82, 2.24) is 5.32 Å². The lowest BCUT2D eigenvalue weighted by molar-refractivity contribution is -0.141. The van der Waals surface area contributed by atoms with Gasteiger partial charge in [-0.1, -0.05) is 61.5 Å². The molecule has 0 aliphatic carbocycles. The van der Waals surface area contributed by atoms with Crippen molar-refractivity contribution < 1.29 is 39.2 Å². The number of carbonyl (C=O) groups is 4. The van der Waals surface area contributed by atoms with Crippen molar-refractivity contribution >= 4 is 23.8 Å². The zero-order valence-electron chi connectivity index (χ0n) is 20.1. The molecule has 2 atom stereocenters. The highest BCUT2D eigenvalue weighted by atomic mass is 16.5. The van der Waals surface area contributed by atoms with E-state index in [2.05, 4.69) is 5.32 Å². The number of aromatic carboxylic acids is 1. The van der Waals surface area contributed by atoms with Crippen LogP contribution < -0.4 is 10.1 Å². The topological polar surface area (TPSA) is 150 Å². The number of nitrogens with one attached hydrogen (secondary N) is 1. The highest BCUT2D eigenvalue weighted by Crippen LogP contribution is 2.22. The average molecular weight is 506 g/mol. The van der Waals surface area contributed by atoms with Crippen LogP contribution in [0.25, 0.3) is 11.1 Å². The molecule has 0 saturated heterocycles. The van der Waals surface area contributed by atoms with Crippen molar-refractivity contribution in [2.45, 2.75) is 25.8 Å². The highest BCUT2D eigenvalue weighted by Gasteiger charge is 2.22. The summed E-state index contributed by atoms with van der Waals surface area (Å²) in [4.78, 5) is 46.9. The lowest BCUT2D eigenvalue weighted by atomic mass is 9.94. The van der Waals surface area contributed by atoms with Gasteiger partial charge in [0.1, 0.15) is 5.75 Å². The zero-order valence-corrected chi connectivity index (χ0v) is 20.1. The Bertz CT molecular complexity index is 1270. The Labute approximate surface area is 213 Å². The third-order valence-electron chi connectivity index (χ3n) is 5.72. The molecule has 9 heteroatoms. The third-order valence-corrected chi connectivity index (χ3v) is 5.72. The maximum absolute atomic E-state index is 13.1. The first-order chi connectivity index (χ1) is 17.6. The van der Waals surface area contributed by atoms with Crippen LogP contribution in [0.3, 0.4) is 0 Å². The van der Waals surface area contributed by atoms with Crippen LogP contribution in [0.5, 0.6) is 5.75 Å². The normalized spacial score (nSPS) is 12.2. The zero-order chi connectivity index (χ0) is 26.9. The van der Waals surface area contributed by atoms with Gasteiger partial charge in [0.05, 0.1) is 11.5 Å². The maximum Gasteiger partial charge on any atom is 0.341 e. The van der Waals surface area contributed by atoms with Crippen LogP contribution in [0, 0.1) is 5.92 Å². The molecule has 4 N–H and O–H groups in total. The number of carboxylic acid groups (broad SMARTS) is 3. The van der Waals surface area contributed by atoms with E-state index < -0.39 is 42.4 Å². The molecule has 0 heterocycles. The van der Waals surface area contributed by atoms with E-state index in [9.17, 15) is 29.4 Å². The first kappa shape index (κ1) is 26.9. The molecule has 0 aliphatic rings. The molecule has 0 radical (unpaired) electrons. The van der Waals surface area contributed by atoms with Crippen LogP contribution in [-0.2, 0) is 16.0 Å². The summed E-state index contributed by atoms with van der Waals surface area (Å²) >= 11 is 0.